The van der Waals surface area contributed by atoms with E-state index in [1.165, 1.54) is 12.1 Å². The van der Waals surface area contributed by atoms with Crippen LogP contribution in [-0.4, -0.2) is 18.5 Å². The second-order valence-corrected chi connectivity index (χ2v) is 5.31. The van der Waals surface area contributed by atoms with Gasteiger partial charge in [-0.25, -0.2) is 4.39 Å². The third-order valence-corrected chi connectivity index (χ3v) is 3.82. The summed E-state index contributed by atoms with van der Waals surface area (Å²) in [5.74, 6) is -0.478. The summed E-state index contributed by atoms with van der Waals surface area (Å²) in [5.41, 5.74) is 8.72. The van der Waals surface area contributed by atoms with Crippen molar-refractivity contribution >= 4 is 11.6 Å². The average molecular weight is 284 g/mol. The maximum Gasteiger partial charge on any atom is 0.244 e. The number of hydrogen-bond acceptors (Lipinski definition) is 2. The molecular formula is C17H17FN2O. The number of hydrogen-bond donors (Lipinski definition) is 1. The van der Waals surface area contributed by atoms with Gasteiger partial charge in [0.2, 0.25) is 5.91 Å². The summed E-state index contributed by atoms with van der Waals surface area (Å²) in [6.45, 7) is 0.570. The summed E-state index contributed by atoms with van der Waals surface area (Å²) in [5, 5.41) is 0. The summed E-state index contributed by atoms with van der Waals surface area (Å²) in [6, 6.07) is 13.6. The van der Waals surface area contributed by atoms with E-state index in [9.17, 15) is 9.18 Å². The van der Waals surface area contributed by atoms with E-state index in [2.05, 4.69) is 0 Å². The van der Waals surface area contributed by atoms with E-state index in [-0.39, 0.29) is 11.7 Å². The summed E-state index contributed by atoms with van der Waals surface area (Å²) in [6.07, 6.45) is 1.24. The molecule has 1 aliphatic rings. The van der Waals surface area contributed by atoms with Gasteiger partial charge in [-0.2, -0.15) is 0 Å². The number of anilines is 1. The van der Waals surface area contributed by atoms with Crippen LogP contribution in [0, 0.1) is 5.82 Å². The topological polar surface area (TPSA) is 46.3 Å². The first-order valence-corrected chi connectivity index (χ1v) is 7.04. The highest BCUT2D eigenvalue weighted by Gasteiger charge is 2.28. The molecule has 2 N–H and O–H groups in total. The molecule has 0 aliphatic carbocycles. The Bertz CT molecular complexity index is 657. The molecule has 0 saturated carbocycles. The highest BCUT2D eigenvalue weighted by Crippen LogP contribution is 2.29. The number of amides is 1. The molecule has 0 fully saturated rings. The number of nitrogens with two attached hydrogens (primary N) is 1. The Balaban J connectivity index is 1.76. The maximum absolute atomic E-state index is 13.4. The van der Waals surface area contributed by atoms with Gasteiger partial charge in [0.15, 0.2) is 0 Å². The van der Waals surface area contributed by atoms with Crippen molar-refractivity contribution in [3.8, 4) is 0 Å². The minimum Gasteiger partial charge on any atom is -0.320 e. The van der Waals surface area contributed by atoms with Crippen LogP contribution >= 0.6 is 0 Å². The molecule has 0 radical (unpaired) electrons. The minimum absolute atomic E-state index is 0.150. The van der Waals surface area contributed by atoms with Crippen LogP contribution in [0.3, 0.4) is 0 Å². The van der Waals surface area contributed by atoms with Crippen molar-refractivity contribution in [2.45, 2.75) is 18.9 Å². The highest BCUT2D eigenvalue weighted by atomic mass is 19.1. The molecule has 108 valence electrons. The van der Waals surface area contributed by atoms with Crippen molar-refractivity contribution < 1.29 is 9.18 Å². The van der Waals surface area contributed by atoms with E-state index >= 15 is 0 Å². The van der Waals surface area contributed by atoms with Gasteiger partial charge in [-0.3, -0.25) is 4.79 Å². The first-order valence-electron chi connectivity index (χ1n) is 7.04. The van der Waals surface area contributed by atoms with Crippen molar-refractivity contribution in [2.75, 3.05) is 11.4 Å². The number of rotatable bonds is 3. The molecule has 0 saturated heterocycles. The van der Waals surface area contributed by atoms with Gasteiger partial charge < -0.3 is 10.6 Å². The van der Waals surface area contributed by atoms with Gasteiger partial charge in [0.25, 0.3) is 0 Å². The second-order valence-electron chi connectivity index (χ2n) is 5.31. The van der Waals surface area contributed by atoms with Gasteiger partial charge in [0.1, 0.15) is 5.82 Å². The van der Waals surface area contributed by atoms with E-state index in [0.717, 1.165) is 17.5 Å². The van der Waals surface area contributed by atoms with Crippen molar-refractivity contribution in [1.82, 2.24) is 0 Å². The number of nitrogens with zero attached hydrogens (tertiary/aromatic N) is 1. The summed E-state index contributed by atoms with van der Waals surface area (Å²) in [7, 11) is 0. The fourth-order valence-corrected chi connectivity index (χ4v) is 2.74. The largest absolute Gasteiger partial charge is 0.320 e. The van der Waals surface area contributed by atoms with Crippen molar-refractivity contribution in [3.05, 3.63) is 65.5 Å². The lowest BCUT2D eigenvalue weighted by Crippen LogP contribution is -2.44. The standard InChI is InChI=1S/C17H17FN2O/c18-14-7-6-13-8-9-20(16(13)11-14)17(21)15(19)10-12-4-2-1-3-5-12/h1-7,11,15H,8-10,19H2/t15-/m0/s1. The second kappa shape index (κ2) is 5.66. The summed E-state index contributed by atoms with van der Waals surface area (Å²) in [4.78, 5) is 14.1. The van der Waals surface area contributed by atoms with Gasteiger partial charge in [0.05, 0.1) is 6.04 Å². The molecule has 1 amide bonds. The Hall–Kier alpha value is -2.20. The number of fused-ring (bicyclic) bond motifs is 1. The molecule has 1 aliphatic heterocycles. The Morgan fingerprint density at radius 1 is 1.24 bits per heavy atom. The van der Waals surface area contributed by atoms with Gasteiger partial charge in [-0.1, -0.05) is 36.4 Å². The smallest absolute Gasteiger partial charge is 0.244 e. The predicted octanol–water partition coefficient (Wildman–Crippen LogP) is 2.28. The molecule has 1 atom stereocenters. The van der Waals surface area contributed by atoms with Crippen LogP contribution in [-0.2, 0) is 17.6 Å². The Morgan fingerprint density at radius 2 is 2.00 bits per heavy atom. The Kier molecular flexibility index (Phi) is 3.71. The van der Waals surface area contributed by atoms with E-state index in [1.54, 1.807) is 11.0 Å². The van der Waals surface area contributed by atoms with Crippen LogP contribution in [0.1, 0.15) is 11.1 Å². The SMILES string of the molecule is N[C@@H](Cc1ccccc1)C(=O)N1CCc2ccc(F)cc21. The number of carbonyl (C=O) groups is 1. The molecule has 0 aromatic heterocycles. The van der Waals surface area contributed by atoms with Crippen LogP contribution in [0.15, 0.2) is 48.5 Å². The molecule has 0 bridgehead atoms. The molecule has 0 spiro atoms. The Morgan fingerprint density at radius 3 is 2.76 bits per heavy atom. The van der Waals surface area contributed by atoms with E-state index in [4.69, 9.17) is 5.73 Å². The molecule has 3 nitrogen and oxygen atoms in total. The van der Waals surface area contributed by atoms with Gasteiger partial charge in [-0.15, -0.1) is 0 Å². The van der Waals surface area contributed by atoms with Crippen LogP contribution in [0.2, 0.25) is 0 Å². The fourth-order valence-electron chi connectivity index (χ4n) is 2.74. The van der Waals surface area contributed by atoms with Gasteiger partial charge >= 0.3 is 0 Å². The van der Waals surface area contributed by atoms with Crippen LogP contribution in [0.25, 0.3) is 0 Å². The fraction of sp³-hybridized carbons (Fsp3) is 0.235. The normalized spacial score (nSPS) is 14.9. The number of carbonyl (C=O) groups excluding carboxylic acids is 1. The zero-order valence-electron chi connectivity index (χ0n) is 11.6. The molecule has 0 unspecified atom stereocenters. The molecule has 1 heterocycles. The summed E-state index contributed by atoms with van der Waals surface area (Å²) >= 11 is 0. The van der Waals surface area contributed by atoms with Gasteiger partial charge in [-0.05, 0) is 36.1 Å². The molecule has 2 aromatic carbocycles. The molecule has 2 aromatic rings. The van der Waals surface area contributed by atoms with Crippen molar-refractivity contribution in [1.29, 1.82) is 0 Å². The highest BCUT2D eigenvalue weighted by molar-refractivity contribution is 5.99. The van der Waals surface area contributed by atoms with Crippen molar-refractivity contribution in [3.63, 3.8) is 0 Å². The molecule has 21 heavy (non-hydrogen) atoms. The number of benzene rings is 2. The zero-order chi connectivity index (χ0) is 14.8. The number of halogens is 1. The lowest BCUT2D eigenvalue weighted by molar-refractivity contribution is -0.119. The lowest BCUT2D eigenvalue weighted by Gasteiger charge is -2.21. The van der Waals surface area contributed by atoms with Crippen LogP contribution < -0.4 is 10.6 Å². The first-order chi connectivity index (χ1) is 10.1. The van der Waals surface area contributed by atoms with E-state index < -0.39 is 6.04 Å². The Labute approximate surface area is 123 Å². The minimum atomic E-state index is -0.610. The summed E-state index contributed by atoms with van der Waals surface area (Å²) < 4.78 is 13.4. The van der Waals surface area contributed by atoms with E-state index in [0.29, 0.717) is 18.7 Å². The zero-order valence-corrected chi connectivity index (χ0v) is 11.6. The predicted molar refractivity (Wildman–Crippen MR) is 80.6 cm³/mol. The lowest BCUT2D eigenvalue weighted by atomic mass is 10.1. The van der Waals surface area contributed by atoms with Gasteiger partial charge in [0, 0.05) is 12.2 Å². The average Bonchev–Trinajstić information content (AvgIpc) is 2.90. The maximum atomic E-state index is 13.4. The van der Waals surface area contributed by atoms with Crippen molar-refractivity contribution in [2.24, 2.45) is 5.73 Å². The molecule has 4 heteroatoms. The third kappa shape index (κ3) is 2.81. The molecular weight excluding hydrogens is 267 g/mol. The quantitative estimate of drug-likeness (QED) is 0.940. The van der Waals surface area contributed by atoms with Crippen LogP contribution in [0.4, 0.5) is 10.1 Å². The first kappa shape index (κ1) is 13.8. The van der Waals surface area contributed by atoms with E-state index in [1.807, 2.05) is 30.3 Å². The monoisotopic (exact) mass is 284 g/mol. The van der Waals surface area contributed by atoms with Crippen LogP contribution in [0.5, 0.6) is 0 Å². The third-order valence-electron chi connectivity index (χ3n) is 3.82. The molecule has 3 rings (SSSR count).